The molecule has 0 atom stereocenters. The summed E-state index contributed by atoms with van der Waals surface area (Å²) in [6.07, 6.45) is 2.07. The molecule has 0 fully saturated rings. The number of nitrogens with one attached hydrogen (secondary N) is 1. The third kappa shape index (κ3) is 4.07. The predicted molar refractivity (Wildman–Crippen MR) is 118 cm³/mol. The summed E-state index contributed by atoms with van der Waals surface area (Å²) in [6, 6.07) is 28.2. The number of anilines is 1. The van der Waals surface area contributed by atoms with E-state index in [0.717, 1.165) is 27.7 Å². The molecule has 0 aromatic heterocycles. The van der Waals surface area contributed by atoms with Crippen molar-refractivity contribution in [3.63, 3.8) is 0 Å². The molecule has 1 N–H and O–H groups in total. The fraction of sp³-hybridized carbons (Fsp3) is 0.0833. The largest absolute Gasteiger partial charge is 0.279 e. The molecule has 1 amide bonds. The van der Waals surface area contributed by atoms with Crippen LogP contribution in [0.2, 0.25) is 0 Å². The zero-order chi connectivity index (χ0) is 19.3. The molecule has 3 aromatic carbocycles. The lowest BCUT2D eigenvalue weighted by atomic mass is 10.1. The molecule has 28 heavy (non-hydrogen) atoms. The summed E-state index contributed by atoms with van der Waals surface area (Å²) in [6.45, 7) is 2.05. The first-order valence-corrected chi connectivity index (χ1v) is 10.2. The van der Waals surface area contributed by atoms with Gasteiger partial charge in [0.2, 0.25) is 16.6 Å². The van der Waals surface area contributed by atoms with E-state index in [4.69, 9.17) is 0 Å². The molecule has 0 bridgehead atoms. The number of hydrogen-bond donors (Lipinski definition) is 1. The molecule has 4 rings (SSSR count). The summed E-state index contributed by atoms with van der Waals surface area (Å²) < 4.78 is 0. The van der Waals surface area contributed by atoms with Gasteiger partial charge in [-0.2, -0.15) is 4.99 Å². The first-order chi connectivity index (χ1) is 13.7. The normalized spacial score (nSPS) is 16.0. The summed E-state index contributed by atoms with van der Waals surface area (Å²) in [7, 11) is 0. The Labute approximate surface area is 169 Å². The number of nitrogens with zero attached hydrogens (tertiary/aromatic N) is 1. The highest BCUT2D eigenvalue weighted by Gasteiger charge is 2.27. The maximum absolute atomic E-state index is 13.1. The van der Waals surface area contributed by atoms with E-state index in [1.54, 1.807) is 0 Å². The molecule has 3 nitrogen and oxygen atoms in total. The van der Waals surface area contributed by atoms with Gasteiger partial charge in [-0.1, -0.05) is 66.2 Å². The van der Waals surface area contributed by atoms with Gasteiger partial charge < -0.3 is 0 Å². The van der Waals surface area contributed by atoms with Gasteiger partial charge in [0.25, 0.3) is 0 Å². The Bertz CT molecular complexity index is 1030. The van der Waals surface area contributed by atoms with E-state index in [2.05, 4.69) is 11.1 Å². The van der Waals surface area contributed by atoms with Gasteiger partial charge in [0, 0.05) is 23.9 Å². The van der Waals surface area contributed by atoms with Crippen molar-refractivity contribution in [2.75, 3.05) is 10.7 Å². The van der Waals surface area contributed by atoms with Crippen molar-refractivity contribution in [2.45, 2.75) is 6.92 Å². The fourth-order valence-electron chi connectivity index (χ4n) is 3.10. The summed E-state index contributed by atoms with van der Waals surface area (Å²) in [5.41, 5.74) is 4.94. The van der Waals surface area contributed by atoms with E-state index in [0.29, 0.717) is 5.75 Å². The number of amides is 1. The van der Waals surface area contributed by atoms with Crippen LogP contribution in [0.4, 0.5) is 11.4 Å². The molecule has 0 unspecified atom stereocenters. The van der Waals surface area contributed by atoms with E-state index in [1.807, 2.05) is 96.8 Å². The molecule has 0 saturated carbocycles. The average molecular weight is 386 g/mol. The quantitative estimate of drug-likeness (QED) is 0.741. The number of rotatable bonds is 3. The maximum Gasteiger partial charge on any atom is 0.242 e. The molecular weight excluding hydrogens is 364 g/mol. The molecule has 3 aromatic rings. The van der Waals surface area contributed by atoms with Crippen molar-refractivity contribution >= 4 is 39.8 Å². The van der Waals surface area contributed by atoms with Crippen LogP contribution in [0.25, 0.3) is 5.70 Å². The Kier molecular flexibility index (Phi) is 5.40. The van der Waals surface area contributed by atoms with Crippen molar-refractivity contribution in [3.05, 3.63) is 102 Å². The van der Waals surface area contributed by atoms with E-state index in [-0.39, 0.29) is 5.91 Å². The Hall–Kier alpha value is -3.11. The Morgan fingerprint density at radius 3 is 2.18 bits per heavy atom. The van der Waals surface area contributed by atoms with Gasteiger partial charge in [-0.15, -0.1) is 0 Å². The SMILES string of the molecule is Cc1ccc(N2C(=O)CSC(=[NH+]c3ccccc3)C=C2c2ccccc2)cc1. The molecule has 0 saturated heterocycles. The van der Waals surface area contributed by atoms with E-state index in [1.165, 1.54) is 17.3 Å². The molecular formula is C24H21N2OS+. The first-order valence-electron chi connectivity index (χ1n) is 9.19. The van der Waals surface area contributed by atoms with E-state index >= 15 is 0 Å². The zero-order valence-corrected chi connectivity index (χ0v) is 16.4. The minimum Gasteiger partial charge on any atom is -0.279 e. The summed E-state index contributed by atoms with van der Waals surface area (Å²) in [4.78, 5) is 18.4. The highest BCUT2D eigenvalue weighted by molar-refractivity contribution is 8.14. The van der Waals surface area contributed by atoms with Crippen molar-refractivity contribution in [3.8, 4) is 0 Å². The van der Waals surface area contributed by atoms with Crippen molar-refractivity contribution in [2.24, 2.45) is 0 Å². The molecule has 138 valence electrons. The lowest BCUT2D eigenvalue weighted by Gasteiger charge is -2.24. The van der Waals surface area contributed by atoms with Crippen LogP contribution in [0.5, 0.6) is 0 Å². The molecule has 4 heteroatoms. The number of carbonyl (C=O) groups is 1. The Morgan fingerprint density at radius 1 is 0.857 bits per heavy atom. The fourth-order valence-corrected chi connectivity index (χ4v) is 3.90. The molecule has 1 aliphatic heterocycles. The lowest BCUT2D eigenvalue weighted by Crippen LogP contribution is -2.65. The monoisotopic (exact) mass is 385 g/mol. The van der Waals surface area contributed by atoms with Crippen molar-refractivity contribution in [1.82, 2.24) is 0 Å². The first kappa shape index (κ1) is 18.3. The topological polar surface area (TPSA) is 34.3 Å². The predicted octanol–water partition coefficient (Wildman–Crippen LogP) is 3.93. The van der Waals surface area contributed by atoms with Gasteiger partial charge in [0.1, 0.15) is 0 Å². The lowest BCUT2D eigenvalue weighted by molar-refractivity contribution is -0.348. The smallest absolute Gasteiger partial charge is 0.242 e. The van der Waals surface area contributed by atoms with Gasteiger partial charge in [-0.25, -0.2) is 0 Å². The molecule has 1 aliphatic rings. The van der Waals surface area contributed by atoms with Gasteiger partial charge in [-0.05, 0) is 36.4 Å². The van der Waals surface area contributed by atoms with Gasteiger partial charge in [0.05, 0.1) is 11.4 Å². The van der Waals surface area contributed by atoms with Crippen LogP contribution in [0.1, 0.15) is 11.1 Å². The second-order valence-electron chi connectivity index (χ2n) is 6.60. The molecule has 0 radical (unpaired) electrons. The van der Waals surface area contributed by atoms with Gasteiger partial charge >= 0.3 is 0 Å². The minimum absolute atomic E-state index is 0.0637. The van der Waals surface area contributed by atoms with Crippen LogP contribution >= 0.6 is 11.8 Å². The van der Waals surface area contributed by atoms with Crippen LogP contribution < -0.4 is 9.89 Å². The summed E-state index contributed by atoms with van der Waals surface area (Å²) in [5, 5.41) is 0.952. The number of carbonyl (C=O) groups excluding carboxylic acids is 1. The van der Waals surface area contributed by atoms with Gasteiger partial charge in [0.15, 0.2) is 0 Å². The van der Waals surface area contributed by atoms with Crippen LogP contribution in [0.15, 0.2) is 91.0 Å². The van der Waals surface area contributed by atoms with E-state index in [9.17, 15) is 4.79 Å². The highest BCUT2D eigenvalue weighted by Crippen LogP contribution is 2.30. The number of hydrogen-bond acceptors (Lipinski definition) is 2. The third-order valence-corrected chi connectivity index (χ3v) is 5.43. The summed E-state index contributed by atoms with van der Waals surface area (Å²) in [5.74, 6) is 0.435. The Balaban J connectivity index is 1.84. The minimum atomic E-state index is 0.0637. The van der Waals surface area contributed by atoms with Crippen molar-refractivity contribution in [1.29, 1.82) is 0 Å². The standard InChI is InChI=1S/C24H20N2OS/c1-18-12-14-21(15-13-18)26-22(19-8-4-2-5-9-19)16-23(28-17-24(26)27)25-20-10-6-3-7-11-20/h2-16H,17H2,1H3/p+1. The molecule has 1 heterocycles. The Morgan fingerprint density at radius 2 is 1.50 bits per heavy atom. The second-order valence-corrected chi connectivity index (χ2v) is 7.62. The van der Waals surface area contributed by atoms with Crippen LogP contribution in [-0.2, 0) is 4.79 Å². The van der Waals surface area contributed by atoms with Crippen LogP contribution in [-0.4, -0.2) is 16.7 Å². The molecule has 0 spiro atoms. The van der Waals surface area contributed by atoms with E-state index < -0.39 is 0 Å². The average Bonchev–Trinajstić information content (AvgIpc) is 2.89. The molecule has 0 aliphatic carbocycles. The zero-order valence-electron chi connectivity index (χ0n) is 15.6. The summed E-state index contributed by atoms with van der Waals surface area (Å²) >= 11 is 1.52. The highest BCUT2D eigenvalue weighted by atomic mass is 32.2. The third-order valence-electron chi connectivity index (χ3n) is 4.51. The number of benzene rings is 3. The van der Waals surface area contributed by atoms with Crippen LogP contribution in [0.3, 0.4) is 0 Å². The second kappa shape index (κ2) is 8.28. The number of para-hydroxylation sites is 1. The van der Waals surface area contributed by atoms with Crippen LogP contribution in [0, 0.1) is 6.92 Å². The van der Waals surface area contributed by atoms with Crippen molar-refractivity contribution < 1.29 is 9.79 Å². The maximum atomic E-state index is 13.1. The van der Waals surface area contributed by atoms with Gasteiger partial charge in [-0.3, -0.25) is 9.69 Å². The number of aryl methyl sites for hydroxylation is 1. The number of thioether (sulfide) groups is 1.